The van der Waals surface area contributed by atoms with Gasteiger partial charge in [0, 0.05) is 5.56 Å². The van der Waals surface area contributed by atoms with E-state index in [1.54, 1.807) is 20.8 Å². The third-order valence-corrected chi connectivity index (χ3v) is 2.14. The van der Waals surface area contributed by atoms with Crippen molar-refractivity contribution in [1.29, 1.82) is 0 Å². The van der Waals surface area contributed by atoms with Crippen LogP contribution in [0.25, 0.3) is 0 Å². The number of alkyl halides is 1. The molecule has 0 unspecified atom stereocenters. The van der Waals surface area contributed by atoms with Gasteiger partial charge in [0.25, 0.3) is 0 Å². The summed E-state index contributed by atoms with van der Waals surface area (Å²) in [6.45, 7) is 14.7. The van der Waals surface area contributed by atoms with Gasteiger partial charge in [0.05, 0.1) is 6.67 Å². The molecule has 20 heavy (non-hydrogen) atoms. The van der Waals surface area contributed by atoms with Crippen LogP contribution in [-0.2, 0) is 0 Å². The molecule has 1 aromatic rings. The first-order valence-corrected chi connectivity index (χ1v) is 7.34. The van der Waals surface area contributed by atoms with Crippen molar-refractivity contribution in [3.8, 4) is 0 Å². The molecule has 0 saturated heterocycles. The minimum atomic E-state index is -0.467. The maximum Gasteiger partial charge on any atom is 0.132 e. The highest BCUT2D eigenvalue weighted by molar-refractivity contribution is 5.32. The van der Waals surface area contributed by atoms with Crippen molar-refractivity contribution in [2.24, 2.45) is 0 Å². The monoisotopic (exact) mass is 292 g/mol. The highest BCUT2D eigenvalue weighted by atomic mass is 19.1. The van der Waals surface area contributed by atoms with E-state index < -0.39 is 11.6 Å². The topological polar surface area (TPSA) is 0 Å². The minimum absolute atomic E-state index is 0.105. The van der Waals surface area contributed by atoms with Gasteiger partial charge in [0.2, 0.25) is 0 Å². The molecule has 0 atom stereocenters. The molecule has 120 valence electrons. The van der Waals surface area contributed by atoms with E-state index in [1.165, 1.54) is 19.4 Å². The zero-order valence-electron chi connectivity index (χ0n) is 14.3. The molecule has 1 rings (SSSR count). The molecule has 0 nitrogen and oxygen atoms in total. The molecule has 0 fully saturated rings. The molecule has 3 heteroatoms. The smallest absolute Gasteiger partial charge is 0.132 e. The van der Waals surface area contributed by atoms with E-state index in [2.05, 4.69) is 13.8 Å². The number of rotatable bonds is 1. The van der Waals surface area contributed by atoms with Gasteiger partial charge >= 0.3 is 0 Å². The predicted molar refractivity (Wildman–Crippen MR) is 84.1 cm³/mol. The van der Waals surface area contributed by atoms with Gasteiger partial charge in [-0.15, -0.1) is 0 Å². The molecule has 0 saturated carbocycles. The first-order chi connectivity index (χ1) is 9.37. The minimum Gasteiger partial charge on any atom is -0.251 e. The van der Waals surface area contributed by atoms with Crippen molar-refractivity contribution in [3.05, 3.63) is 34.4 Å². The SMILES string of the molecule is CC.CCC.CCCF.Cc1cc(F)c(C)c(F)c1C. The Morgan fingerprint density at radius 3 is 1.55 bits per heavy atom. The summed E-state index contributed by atoms with van der Waals surface area (Å²) in [5.41, 5.74) is 1.29. The molecule has 1 aromatic carbocycles. The molecule has 0 aliphatic rings. The van der Waals surface area contributed by atoms with E-state index in [4.69, 9.17) is 0 Å². The lowest BCUT2D eigenvalue weighted by Gasteiger charge is -2.04. The molecular formula is C17H31F3. The van der Waals surface area contributed by atoms with Gasteiger partial charge < -0.3 is 0 Å². The van der Waals surface area contributed by atoms with Crippen LogP contribution in [0.2, 0.25) is 0 Å². The summed E-state index contributed by atoms with van der Waals surface area (Å²) in [6.07, 6.45) is 1.90. The molecule has 0 heterocycles. The summed E-state index contributed by atoms with van der Waals surface area (Å²) < 4.78 is 36.5. The number of aryl methyl sites for hydroxylation is 1. The summed E-state index contributed by atoms with van der Waals surface area (Å²) in [4.78, 5) is 0. The number of halogens is 3. The Kier molecular flexibility index (Phi) is 19.3. The summed E-state index contributed by atoms with van der Waals surface area (Å²) in [7, 11) is 0. The Bertz CT molecular complexity index is 305. The second-order valence-corrected chi connectivity index (χ2v) is 4.14. The van der Waals surface area contributed by atoms with Gasteiger partial charge in [-0.1, -0.05) is 41.0 Å². The van der Waals surface area contributed by atoms with Crippen LogP contribution in [0.3, 0.4) is 0 Å². The molecular weight excluding hydrogens is 261 g/mol. The first kappa shape index (κ1) is 24.1. The van der Waals surface area contributed by atoms with Crippen LogP contribution >= 0.6 is 0 Å². The summed E-state index contributed by atoms with van der Waals surface area (Å²) in [6, 6.07) is 1.35. The summed E-state index contributed by atoms with van der Waals surface area (Å²) in [5.74, 6) is -0.895. The lowest BCUT2D eigenvalue weighted by molar-refractivity contribution is 0.487. The van der Waals surface area contributed by atoms with Gasteiger partial charge in [0.1, 0.15) is 11.6 Å². The fraction of sp³-hybridized carbons (Fsp3) is 0.647. The molecule has 0 bridgehead atoms. The van der Waals surface area contributed by atoms with E-state index in [0.29, 0.717) is 17.5 Å². The third kappa shape index (κ3) is 10.9. The Hall–Kier alpha value is -0.990. The van der Waals surface area contributed by atoms with Crippen LogP contribution in [-0.4, -0.2) is 6.67 Å². The fourth-order valence-corrected chi connectivity index (χ4v) is 0.966. The zero-order chi connectivity index (χ0) is 16.7. The van der Waals surface area contributed by atoms with E-state index >= 15 is 0 Å². The van der Waals surface area contributed by atoms with Crippen molar-refractivity contribution in [2.75, 3.05) is 6.67 Å². The molecule has 0 aromatic heterocycles. The molecule has 0 N–H and O–H groups in total. The standard InChI is InChI=1S/C9H10F2.C3H7F.C3H8.C2H6/c1-5-4-8(10)7(3)9(11)6(5)2;1-2-3-4;1-3-2;1-2/h4H,1-3H3;2-3H2,1H3;3H2,1-2H3;1-2H3. The number of benzene rings is 1. The van der Waals surface area contributed by atoms with Crippen molar-refractivity contribution in [1.82, 2.24) is 0 Å². The van der Waals surface area contributed by atoms with Gasteiger partial charge in [0.15, 0.2) is 0 Å². The maximum atomic E-state index is 13.0. The summed E-state index contributed by atoms with van der Waals surface area (Å²) in [5, 5.41) is 0. The lowest BCUT2D eigenvalue weighted by Crippen LogP contribution is -1.95. The van der Waals surface area contributed by atoms with Crippen LogP contribution in [0.5, 0.6) is 0 Å². The van der Waals surface area contributed by atoms with Crippen LogP contribution in [0.15, 0.2) is 6.07 Å². The Morgan fingerprint density at radius 2 is 1.25 bits per heavy atom. The summed E-state index contributed by atoms with van der Waals surface area (Å²) >= 11 is 0. The van der Waals surface area contributed by atoms with E-state index in [0.717, 1.165) is 0 Å². The highest BCUT2D eigenvalue weighted by Gasteiger charge is 2.08. The Morgan fingerprint density at radius 1 is 0.900 bits per heavy atom. The van der Waals surface area contributed by atoms with Crippen LogP contribution in [0.4, 0.5) is 13.2 Å². The number of hydrogen-bond acceptors (Lipinski definition) is 0. The van der Waals surface area contributed by atoms with Gasteiger partial charge in [-0.05, 0) is 44.4 Å². The molecule has 0 amide bonds. The molecule has 0 radical (unpaired) electrons. The van der Waals surface area contributed by atoms with Crippen molar-refractivity contribution >= 4 is 0 Å². The third-order valence-electron chi connectivity index (χ3n) is 2.14. The van der Waals surface area contributed by atoms with Crippen LogP contribution in [0.1, 0.15) is 64.2 Å². The molecule has 0 aliphatic heterocycles. The largest absolute Gasteiger partial charge is 0.251 e. The quantitative estimate of drug-likeness (QED) is 0.540. The van der Waals surface area contributed by atoms with Gasteiger partial charge in [-0.25, -0.2) is 8.78 Å². The second kappa shape index (κ2) is 16.1. The van der Waals surface area contributed by atoms with Crippen molar-refractivity contribution in [2.45, 2.75) is 68.2 Å². The van der Waals surface area contributed by atoms with Crippen LogP contribution in [0, 0.1) is 32.4 Å². The average Bonchev–Trinajstić information content (AvgIpc) is 2.46. The second-order valence-electron chi connectivity index (χ2n) is 4.14. The maximum absolute atomic E-state index is 13.0. The van der Waals surface area contributed by atoms with E-state index in [1.807, 2.05) is 13.8 Å². The van der Waals surface area contributed by atoms with E-state index in [9.17, 15) is 13.2 Å². The Labute approximate surface area is 123 Å². The Balaban J connectivity index is -0.000000269. The zero-order valence-corrected chi connectivity index (χ0v) is 14.3. The number of hydrogen-bond donors (Lipinski definition) is 0. The van der Waals surface area contributed by atoms with E-state index in [-0.39, 0.29) is 12.2 Å². The highest BCUT2D eigenvalue weighted by Crippen LogP contribution is 2.18. The average molecular weight is 292 g/mol. The van der Waals surface area contributed by atoms with Gasteiger partial charge in [-0.2, -0.15) is 0 Å². The van der Waals surface area contributed by atoms with Gasteiger partial charge in [-0.3, -0.25) is 4.39 Å². The normalized spacial score (nSPS) is 8.35. The van der Waals surface area contributed by atoms with Crippen molar-refractivity contribution < 1.29 is 13.2 Å². The van der Waals surface area contributed by atoms with Crippen molar-refractivity contribution in [3.63, 3.8) is 0 Å². The fourth-order valence-electron chi connectivity index (χ4n) is 0.966. The molecule has 0 aliphatic carbocycles. The lowest BCUT2D eigenvalue weighted by atomic mass is 10.1. The predicted octanol–water partition coefficient (Wildman–Crippen LogP) is 6.70. The first-order valence-electron chi connectivity index (χ1n) is 7.34. The van der Waals surface area contributed by atoms with Crippen LogP contribution < -0.4 is 0 Å². The molecule has 0 spiro atoms.